The highest BCUT2D eigenvalue weighted by Crippen LogP contribution is 2.35. The highest BCUT2D eigenvalue weighted by atomic mass is 16.6. The average molecular weight is 459 g/mol. The first-order valence-corrected chi connectivity index (χ1v) is 12.4. The second-order valence-electron chi connectivity index (χ2n) is 9.30. The van der Waals surface area contributed by atoms with Crippen LogP contribution in [0.4, 0.5) is 0 Å². The van der Waals surface area contributed by atoms with Gasteiger partial charge in [-0.2, -0.15) is 0 Å². The molecule has 3 aromatic rings. The first-order chi connectivity index (χ1) is 16.8. The normalized spacial score (nSPS) is 18.5. The number of nitrogens with one attached hydrogen (secondary N) is 1. The molecule has 3 aromatic carbocycles. The van der Waals surface area contributed by atoms with Crippen molar-refractivity contribution in [3.63, 3.8) is 0 Å². The summed E-state index contributed by atoms with van der Waals surface area (Å²) in [5.41, 5.74) is 2.55. The zero-order valence-electron chi connectivity index (χ0n) is 19.7. The van der Waals surface area contributed by atoms with Crippen molar-refractivity contribution in [2.24, 2.45) is 5.92 Å². The summed E-state index contributed by atoms with van der Waals surface area (Å²) >= 11 is 0. The van der Waals surface area contributed by atoms with Crippen LogP contribution in [0, 0.1) is 5.92 Å². The molecule has 5 rings (SSSR count). The van der Waals surface area contributed by atoms with Crippen molar-refractivity contribution in [1.29, 1.82) is 0 Å². The van der Waals surface area contributed by atoms with Gasteiger partial charge in [0.1, 0.15) is 25.1 Å². The Balaban J connectivity index is 1.03. The van der Waals surface area contributed by atoms with Crippen molar-refractivity contribution >= 4 is 0 Å². The molecule has 2 aliphatic heterocycles. The molecule has 0 aromatic heterocycles. The Morgan fingerprint density at radius 2 is 1.56 bits per heavy atom. The molecule has 1 saturated heterocycles. The molecule has 0 unspecified atom stereocenters. The smallest absolute Gasteiger partial charge is 0.165 e. The van der Waals surface area contributed by atoms with Crippen LogP contribution in [-0.4, -0.2) is 43.8 Å². The van der Waals surface area contributed by atoms with Gasteiger partial charge in [-0.15, -0.1) is 0 Å². The van der Waals surface area contributed by atoms with Gasteiger partial charge in [0.25, 0.3) is 0 Å². The Morgan fingerprint density at radius 1 is 0.824 bits per heavy atom. The molecule has 0 amide bonds. The van der Waals surface area contributed by atoms with Crippen molar-refractivity contribution in [2.75, 3.05) is 32.8 Å². The van der Waals surface area contributed by atoms with E-state index in [1.165, 1.54) is 31.5 Å². The van der Waals surface area contributed by atoms with Gasteiger partial charge in [-0.3, -0.25) is 4.90 Å². The lowest BCUT2D eigenvalue weighted by Gasteiger charge is -2.32. The van der Waals surface area contributed by atoms with Crippen molar-refractivity contribution in [1.82, 2.24) is 10.2 Å². The third-order valence-corrected chi connectivity index (χ3v) is 6.64. The van der Waals surface area contributed by atoms with Crippen molar-refractivity contribution < 1.29 is 14.2 Å². The Kier molecular flexibility index (Phi) is 7.64. The summed E-state index contributed by atoms with van der Waals surface area (Å²) < 4.78 is 18.1. The summed E-state index contributed by atoms with van der Waals surface area (Å²) in [6.07, 6.45) is 2.50. The van der Waals surface area contributed by atoms with Crippen LogP contribution in [0.1, 0.15) is 24.0 Å². The predicted octanol–water partition coefficient (Wildman–Crippen LogP) is 4.91. The monoisotopic (exact) mass is 458 g/mol. The Bertz CT molecular complexity index is 1020. The molecular weight excluding hydrogens is 424 g/mol. The standard InChI is InChI=1S/C29H34N2O3/c1-3-7-24(8-4-1)20-31-15-13-23(14-16-31)18-30-19-27-22-33-28-12-11-26(17-29(28)34-27)32-21-25-9-5-2-6-10-25/h1-12,17,23,27,30H,13-16,18-22H2/t27-/m1/s1. The number of ether oxygens (including phenoxy) is 3. The van der Waals surface area contributed by atoms with Crippen LogP contribution in [-0.2, 0) is 13.2 Å². The molecular formula is C29H34N2O3. The van der Waals surface area contributed by atoms with Gasteiger partial charge in [0.15, 0.2) is 11.5 Å². The van der Waals surface area contributed by atoms with Crippen LogP contribution in [0.15, 0.2) is 78.9 Å². The Hall–Kier alpha value is -3.02. The highest BCUT2D eigenvalue weighted by Gasteiger charge is 2.23. The van der Waals surface area contributed by atoms with E-state index in [-0.39, 0.29) is 6.10 Å². The van der Waals surface area contributed by atoms with Crippen LogP contribution in [0.2, 0.25) is 0 Å². The van der Waals surface area contributed by atoms with Crippen LogP contribution in [0.5, 0.6) is 17.2 Å². The van der Waals surface area contributed by atoms with E-state index in [1.54, 1.807) is 0 Å². The number of rotatable bonds is 9. The zero-order valence-corrected chi connectivity index (χ0v) is 19.7. The second kappa shape index (κ2) is 11.4. The van der Waals surface area contributed by atoms with E-state index in [4.69, 9.17) is 14.2 Å². The van der Waals surface area contributed by atoms with Gasteiger partial charge in [0.05, 0.1) is 0 Å². The van der Waals surface area contributed by atoms with Crippen molar-refractivity contribution in [3.05, 3.63) is 90.0 Å². The van der Waals surface area contributed by atoms with Crippen molar-refractivity contribution in [2.45, 2.75) is 32.1 Å². The number of hydrogen-bond acceptors (Lipinski definition) is 5. The second-order valence-corrected chi connectivity index (χ2v) is 9.30. The molecule has 178 valence electrons. The SMILES string of the molecule is c1ccc(COc2ccc3c(c2)O[C@H](CNCC2CCN(Cc4ccccc4)CC2)CO3)cc1. The molecule has 34 heavy (non-hydrogen) atoms. The molecule has 2 heterocycles. The number of piperidine rings is 1. The maximum Gasteiger partial charge on any atom is 0.165 e. The minimum atomic E-state index is 0.00930. The highest BCUT2D eigenvalue weighted by molar-refractivity contribution is 5.46. The summed E-state index contributed by atoms with van der Waals surface area (Å²) in [5, 5.41) is 3.63. The number of hydrogen-bond donors (Lipinski definition) is 1. The third kappa shape index (κ3) is 6.31. The van der Waals surface area contributed by atoms with Gasteiger partial charge in [0, 0.05) is 19.2 Å². The molecule has 1 fully saturated rings. The zero-order chi connectivity index (χ0) is 23.0. The molecule has 5 heteroatoms. The molecule has 2 aliphatic rings. The minimum Gasteiger partial charge on any atom is -0.489 e. The maximum absolute atomic E-state index is 6.22. The van der Waals surface area contributed by atoms with E-state index in [1.807, 2.05) is 36.4 Å². The largest absolute Gasteiger partial charge is 0.489 e. The van der Waals surface area contributed by atoms with Gasteiger partial charge in [0.2, 0.25) is 0 Å². The van der Waals surface area contributed by atoms with Crippen LogP contribution >= 0.6 is 0 Å². The quantitative estimate of drug-likeness (QED) is 0.494. The predicted molar refractivity (Wildman–Crippen MR) is 134 cm³/mol. The lowest BCUT2D eigenvalue weighted by molar-refractivity contribution is 0.0875. The molecule has 0 saturated carbocycles. The summed E-state index contributed by atoms with van der Waals surface area (Å²) in [4.78, 5) is 2.57. The third-order valence-electron chi connectivity index (χ3n) is 6.64. The number of fused-ring (bicyclic) bond motifs is 1. The van der Waals surface area contributed by atoms with Gasteiger partial charge >= 0.3 is 0 Å². The van der Waals surface area contributed by atoms with Crippen LogP contribution < -0.4 is 19.5 Å². The molecule has 0 spiro atoms. The molecule has 1 atom stereocenters. The molecule has 5 nitrogen and oxygen atoms in total. The van der Waals surface area contributed by atoms with E-state index >= 15 is 0 Å². The lowest BCUT2D eigenvalue weighted by Crippen LogP contribution is -2.42. The summed E-state index contributed by atoms with van der Waals surface area (Å²) in [6.45, 7) is 6.33. The first-order valence-electron chi connectivity index (χ1n) is 12.4. The van der Waals surface area contributed by atoms with E-state index in [2.05, 4.69) is 52.7 Å². The van der Waals surface area contributed by atoms with Gasteiger partial charge in [-0.05, 0) is 61.7 Å². The number of likely N-dealkylation sites (tertiary alicyclic amines) is 1. The van der Waals surface area contributed by atoms with Crippen LogP contribution in [0.25, 0.3) is 0 Å². The van der Waals surface area contributed by atoms with E-state index < -0.39 is 0 Å². The summed E-state index contributed by atoms with van der Waals surface area (Å²) in [6, 6.07) is 26.8. The summed E-state index contributed by atoms with van der Waals surface area (Å²) in [5.74, 6) is 3.07. The van der Waals surface area contributed by atoms with E-state index in [9.17, 15) is 0 Å². The van der Waals surface area contributed by atoms with Crippen LogP contribution in [0.3, 0.4) is 0 Å². The average Bonchev–Trinajstić information content (AvgIpc) is 2.89. The lowest BCUT2D eigenvalue weighted by atomic mass is 9.96. The fraction of sp³-hybridized carbons (Fsp3) is 0.379. The molecule has 1 N–H and O–H groups in total. The number of benzene rings is 3. The Morgan fingerprint density at radius 3 is 2.32 bits per heavy atom. The summed E-state index contributed by atoms with van der Waals surface area (Å²) in [7, 11) is 0. The fourth-order valence-corrected chi connectivity index (χ4v) is 4.67. The Labute approximate surface area is 202 Å². The number of nitrogens with zero attached hydrogens (tertiary/aromatic N) is 1. The van der Waals surface area contributed by atoms with Crippen molar-refractivity contribution in [3.8, 4) is 17.2 Å². The topological polar surface area (TPSA) is 43.0 Å². The first kappa shape index (κ1) is 22.8. The molecule has 0 bridgehead atoms. The van der Waals surface area contributed by atoms with Gasteiger partial charge in [-0.25, -0.2) is 0 Å². The molecule has 0 aliphatic carbocycles. The maximum atomic E-state index is 6.22. The fourth-order valence-electron chi connectivity index (χ4n) is 4.67. The van der Waals surface area contributed by atoms with Gasteiger partial charge < -0.3 is 19.5 Å². The van der Waals surface area contributed by atoms with E-state index in [0.29, 0.717) is 13.2 Å². The molecule has 0 radical (unpaired) electrons. The van der Waals surface area contributed by atoms with E-state index in [0.717, 1.165) is 48.4 Å². The van der Waals surface area contributed by atoms with Gasteiger partial charge in [-0.1, -0.05) is 60.7 Å². The minimum absolute atomic E-state index is 0.00930.